The summed E-state index contributed by atoms with van der Waals surface area (Å²) in [5, 5.41) is 6.35. The first-order chi connectivity index (χ1) is 6.27. The van der Waals surface area contributed by atoms with Gasteiger partial charge in [-0.05, 0) is 31.7 Å². The molecule has 2 unspecified atom stereocenters. The van der Waals surface area contributed by atoms with Gasteiger partial charge in [-0.25, -0.2) is 0 Å². The lowest BCUT2D eigenvalue weighted by Gasteiger charge is -2.15. The van der Waals surface area contributed by atoms with Gasteiger partial charge < -0.3 is 10.6 Å². The molecule has 1 saturated carbocycles. The molecular formula is C10H18N2O. The Hall–Kier alpha value is -0.570. The van der Waals surface area contributed by atoms with E-state index in [4.69, 9.17) is 0 Å². The number of amides is 1. The summed E-state index contributed by atoms with van der Waals surface area (Å²) in [7, 11) is 0. The Morgan fingerprint density at radius 2 is 2.23 bits per heavy atom. The van der Waals surface area contributed by atoms with E-state index in [0.717, 1.165) is 19.5 Å². The van der Waals surface area contributed by atoms with Gasteiger partial charge in [0.2, 0.25) is 5.91 Å². The van der Waals surface area contributed by atoms with Crippen molar-refractivity contribution >= 4 is 5.91 Å². The van der Waals surface area contributed by atoms with E-state index in [1.54, 1.807) is 0 Å². The smallest absolute Gasteiger partial charge is 0.223 e. The summed E-state index contributed by atoms with van der Waals surface area (Å²) in [4.78, 5) is 11.6. The zero-order valence-electron chi connectivity index (χ0n) is 8.18. The van der Waals surface area contributed by atoms with E-state index in [2.05, 4.69) is 17.6 Å². The van der Waals surface area contributed by atoms with Gasteiger partial charge in [-0.1, -0.05) is 6.92 Å². The molecule has 0 radical (unpaired) electrons. The average molecular weight is 182 g/mol. The number of hydrogen-bond acceptors (Lipinski definition) is 2. The molecule has 2 fully saturated rings. The van der Waals surface area contributed by atoms with Crippen LogP contribution in [0.4, 0.5) is 0 Å². The maximum absolute atomic E-state index is 11.6. The minimum Gasteiger partial charge on any atom is -0.352 e. The molecular weight excluding hydrogens is 164 g/mol. The van der Waals surface area contributed by atoms with Crippen LogP contribution in [-0.2, 0) is 4.79 Å². The van der Waals surface area contributed by atoms with Crippen molar-refractivity contribution in [2.24, 2.45) is 11.8 Å². The van der Waals surface area contributed by atoms with Crippen LogP contribution >= 0.6 is 0 Å². The highest BCUT2D eigenvalue weighted by Gasteiger charge is 2.33. The van der Waals surface area contributed by atoms with Gasteiger partial charge in [-0.3, -0.25) is 4.79 Å². The van der Waals surface area contributed by atoms with Gasteiger partial charge in [-0.2, -0.15) is 0 Å². The predicted octanol–water partition coefficient (Wildman–Crippen LogP) is 0.511. The van der Waals surface area contributed by atoms with Crippen LogP contribution in [-0.4, -0.2) is 25.0 Å². The molecule has 2 atom stereocenters. The topological polar surface area (TPSA) is 41.1 Å². The summed E-state index contributed by atoms with van der Waals surface area (Å²) in [5.41, 5.74) is 0. The summed E-state index contributed by atoms with van der Waals surface area (Å²) in [6.45, 7) is 4.04. The monoisotopic (exact) mass is 182 g/mol. The number of hydrogen-bond donors (Lipinski definition) is 2. The molecule has 2 rings (SSSR count). The van der Waals surface area contributed by atoms with Crippen molar-refractivity contribution < 1.29 is 4.79 Å². The Bertz CT molecular complexity index is 195. The van der Waals surface area contributed by atoms with E-state index < -0.39 is 0 Å². The summed E-state index contributed by atoms with van der Waals surface area (Å²) < 4.78 is 0. The largest absolute Gasteiger partial charge is 0.352 e. The van der Waals surface area contributed by atoms with Gasteiger partial charge >= 0.3 is 0 Å². The van der Waals surface area contributed by atoms with E-state index in [9.17, 15) is 4.79 Å². The number of rotatable bonds is 3. The Balaban J connectivity index is 1.76. The highest BCUT2D eigenvalue weighted by molar-refractivity contribution is 5.79. The fraction of sp³-hybridized carbons (Fsp3) is 0.900. The fourth-order valence-corrected chi connectivity index (χ4v) is 1.92. The van der Waals surface area contributed by atoms with E-state index >= 15 is 0 Å². The van der Waals surface area contributed by atoms with Crippen molar-refractivity contribution in [1.29, 1.82) is 0 Å². The molecule has 0 spiro atoms. The van der Waals surface area contributed by atoms with Crippen LogP contribution in [0.2, 0.25) is 0 Å². The molecule has 13 heavy (non-hydrogen) atoms. The summed E-state index contributed by atoms with van der Waals surface area (Å²) >= 11 is 0. The Morgan fingerprint density at radius 3 is 2.77 bits per heavy atom. The minimum atomic E-state index is 0.237. The normalized spacial score (nSPS) is 30.1. The van der Waals surface area contributed by atoms with Crippen LogP contribution in [0, 0.1) is 11.8 Å². The van der Waals surface area contributed by atoms with E-state index in [0.29, 0.717) is 12.0 Å². The van der Waals surface area contributed by atoms with E-state index in [1.165, 1.54) is 12.8 Å². The molecule has 0 aromatic rings. The Morgan fingerprint density at radius 1 is 1.46 bits per heavy atom. The molecule has 3 heteroatoms. The van der Waals surface area contributed by atoms with Crippen molar-refractivity contribution in [2.75, 3.05) is 13.1 Å². The first-order valence-electron chi connectivity index (χ1n) is 5.28. The first-order valence-corrected chi connectivity index (χ1v) is 5.28. The van der Waals surface area contributed by atoms with Crippen molar-refractivity contribution in [3.05, 3.63) is 0 Å². The summed E-state index contributed by atoms with van der Waals surface area (Å²) in [6, 6.07) is 0.383. The second-order valence-electron chi connectivity index (χ2n) is 4.32. The first kappa shape index (κ1) is 9.00. The van der Waals surface area contributed by atoms with Gasteiger partial charge in [0, 0.05) is 18.5 Å². The third kappa shape index (κ3) is 2.21. The molecule has 0 aromatic heterocycles. The molecule has 1 aliphatic carbocycles. The maximum Gasteiger partial charge on any atom is 0.223 e. The van der Waals surface area contributed by atoms with Gasteiger partial charge in [0.15, 0.2) is 0 Å². The van der Waals surface area contributed by atoms with Crippen molar-refractivity contribution in [1.82, 2.24) is 10.6 Å². The molecule has 1 heterocycles. The molecule has 1 amide bonds. The zero-order chi connectivity index (χ0) is 9.26. The quantitative estimate of drug-likeness (QED) is 0.667. The number of nitrogens with one attached hydrogen (secondary N) is 2. The summed E-state index contributed by atoms with van der Waals surface area (Å²) in [5.74, 6) is 1.17. The second-order valence-corrected chi connectivity index (χ2v) is 4.32. The summed E-state index contributed by atoms with van der Waals surface area (Å²) in [6.07, 6.45) is 3.58. The molecule has 2 N–H and O–H groups in total. The minimum absolute atomic E-state index is 0.237. The number of carbonyl (C=O) groups is 1. The lowest BCUT2D eigenvalue weighted by atomic mass is 10.1. The van der Waals surface area contributed by atoms with Gasteiger partial charge in [-0.15, -0.1) is 0 Å². The van der Waals surface area contributed by atoms with Crippen LogP contribution in [0.1, 0.15) is 26.2 Å². The van der Waals surface area contributed by atoms with Crippen LogP contribution in [0.25, 0.3) is 0 Å². The van der Waals surface area contributed by atoms with Crippen molar-refractivity contribution in [3.8, 4) is 0 Å². The maximum atomic E-state index is 11.6. The molecule has 74 valence electrons. The average Bonchev–Trinajstić information content (AvgIpc) is 2.85. The van der Waals surface area contributed by atoms with E-state index in [1.807, 2.05) is 0 Å². The zero-order valence-corrected chi connectivity index (χ0v) is 8.18. The molecule has 2 aliphatic rings. The third-order valence-corrected chi connectivity index (χ3v) is 3.15. The standard InChI is InChI=1S/C10H18N2O/c1-7(8-2-3-8)10(13)12-9-4-5-11-6-9/h7-9,11H,2-6H2,1H3,(H,12,13). The molecule has 0 bridgehead atoms. The predicted molar refractivity (Wildman–Crippen MR) is 51.3 cm³/mol. The van der Waals surface area contributed by atoms with Gasteiger partial charge in [0.05, 0.1) is 0 Å². The van der Waals surface area contributed by atoms with Gasteiger partial charge in [0.25, 0.3) is 0 Å². The Kier molecular flexibility index (Phi) is 2.54. The Labute approximate surface area is 79.3 Å². The van der Waals surface area contributed by atoms with Crippen LogP contribution < -0.4 is 10.6 Å². The lowest BCUT2D eigenvalue weighted by molar-refractivity contribution is -0.125. The lowest BCUT2D eigenvalue weighted by Crippen LogP contribution is -2.39. The third-order valence-electron chi connectivity index (χ3n) is 3.15. The molecule has 0 aromatic carbocycles. The second kappa shape index (κ2) is 3.66. The van der Waals surface area contributed by atoms with Crippen LogP contribution in [0.3, 0.4) is 0 Å². The van der Waals surface area contributed by atoms with E-state index in [-0.39, 0.29) is 11.8 Å². The SMILES string of the molecule is CC(C(=O)NC1CCNC1)C1CC1. The highest BCUT2D eigenvalue weighted by atomic mass is 16.1. The molecule has 3 nitrogen and oxygen atoms in total. The van der Waals surface area contributed by atoms with Crippen LogP contribution in [0.15, 0.2) is 0 Å². The number of carbonyl (C=O) groups excluding carboxylic acids is 1. The van der Waals surface area contributed by atoms with Crippen LogP contribution in [0.5, 0.6) is 0 Å². The molecule has 1 saturated heterocycles. The fourth-order valence-electron chi connectivity index (χ4n) is 1.92. The van der Waals surface area contributed by atoms with Crippen molar-refractivity contribution in [2.45, 2.75) is 32.2 Å². The van der Waals surface area contributed by atoms with Gasteiger partial charge in [0.1, 0.15) is 0 Å². The highest BCUT2D eigenvalue weighted by Crippen LogP contribution is 2.36. The van der Waals surface area contributed by atoms with Crippen molar-refractivity contribution in [3.63, 3.8) is 0 Å². The molecule has 1 aliphatic heterocycles.